The number of nitrogens with two attached hydrogens (primary N) is 3. The lowest BCUT2D eigenvalue weighted by molar-refractivity contribution is -0.141. The fraction of sp³-hybridized carbons (Fsp3) is 0.556. The third kappa shape index (κ3) is 19.6. The summed E-state index contributed by atoms with van der Waals surface area (Å²) < 4.78 is 0. The lowest BCUT2D eigenvalue weighted by Crippen LogP contribution is -2.60. The summed E-state index contributed by atoms with van der Waals surface area (Å²) in [7, 11) is 0. The van der Waals surface area contributed by atoms with Gasteiger partial charge in [0.15, 0.2) is 5.96 Å². The molecular formula is C36H57N11O12S. The van der Waals surface area contributed by atoms with E-state index in [0.29, 0.717) is 12.0 Å². The molecule has 24 heteroatoms. The number of hydrogen-bond acceptors (Lipinski definition) is 13. The summed E-state index contributed by atoms with van der Waals surface area (Å²) in [5.41, 5.74) is 16.8. The summed E-state index contributed by atoms with van der Waals surface area (Å²) in [5, 5.41) is 44.8. The van der Waals surface area contributed by atoms with E-state index in [-0.39, 0.29) is 43.9 Å². The van der Waals surface area contributed by atoms with Crippen molar-refractivity contribution in [1.29, 1.82) is 0 Å². The van der Waals surface area contributed by atoms with Gasteiger partial charge in [0, 0.05) is 25.1 Å². The van der Waals surface area contributed by atoms with Crippen molar-refractivity contribution in [1.82, 2.24) is 37.2 Å². The molecule has 0 aromatic heterocycles. The Morgan fingerprint density at radius 1 is 0.733 bits per heavy atom. The SMILES string of the molecule is CC[C@H](C)[C@H](NC(=O)[C@H](CCC(=O)O)NC(=O)CN)C(=O)N[C@@H](CCCN=C(N)N)C(=O)N[C@@H](Cc1ccccc1)C(=O)NCC(=O)N[C@@H](CO)C(=O)N[C@@H](CS)C(=O)O. The number of nitrogens with zero attached hydrogens (tertiary/aromatic N) is 1. The van der Waals surface area contributed by atoms with Gasteiger partial charge in [0.2, 0.25) is 41.4 Å². The van der Waals surface area contributed by atoms with Gasteiger partial charge in [0.05, 0.1) is 19.7 Å². The van der Waals surface area contributed by atoms with Gasteiger partial charge in [-0.2, -0.15) is 12.6 Å². The third-order valence-corrected chi connectivity index (χ3v) is 9.19. The molecule has 0 aliphatic carbocycles. The zero-order valence-electron chi connectivity index (χ0n) is 33.3. The average molecular weight is 868 g/mol. The lowest BCUT2D eigenvalue weighted by Gasteiger charge is -2.29. The van der Waals surface area contributed by atoms with E-state index < -0.39 is 122 Å². The van der Waals surface area contributed by atoms with Crippen LogP contribution in [-0.2, 0) is 49.6 Å². The van der Waals surface area contributed by atoms with Crippen LogP contribution in [0.4, 0.5) is 0 Å². The Hall–Kier alpha value is -6.01. The molecule has 7 amide bonds. The highest BCUT2D eigenvalue weighted by atomic mass is 32.1. The number of carboxylic acid groups (broad SMARTS) is 2. The molecule has 0 radical (unpaired) electrons. The van der Waals surface area contributed by atoms with Crippen LogP contribution in [-0.4, -0.2) is 143 Å². The average Bonchev–Trinajstić information content (AvgIpc) is 3.21. The number of aliphatic imine (C=N–C) groups is 1. The molecule has 1 aromatic rings. The second-order valence-corrected chi connectivity index (χ2v) is 13.9. The first-order valence-electron chi connectivity index (χ1n) is 18.9. The molecule has 334 valence electrons. The third-order valence-electron chi connectivity index (χ3n) is 8.83. The van der Waals surface area contributed by atoms with Crippen molar-refractivity contribution in [2.75, 3.05) is 32.0 Å². The van der Waals surface area contributed by atoms with E-state index in [4.69, 9.17) is 22.3 Å². The molecule has 0 unspecified atom stereocenters. The number of benzene rings is 1. The fourth-order valence-corrected chi connectivity index (χ4v) is 5.55. The zero-order valence-corrected chi connectivity index (χ0v) is 34.2. The second-order valence-electron chi connectivity index (χ2n) is 13.5. The summed E-state index contributed by atoms with van der Waals surface area (Å²) >= 11 is 3.85. The Morgan fingerprint density at radius 3 is 1.85 bits per heavy atom. The zero-order chi connectivity index (χ0) is 45.4. The highest BCUT2D eigenvalue weighted by Crippen LogP contribution is 2.12. The Kier molecular flexibility index (Phi) is 24.0. The molecule has 23 nitrogen and oxygen atoms in total. The summed E-state index contributed by atoms with van der Waals surface area (Å²) in [4.78, 5) is 118. The van der Waals surface area contributed by atoms with Gasteiger partial charge in [-0.05, 0) is 30.7 Å². The molecule has 16 N–H and O–H groups in total. The largest absolute Gasteiger partial charge is 0.481 e. The maximum atomic E-state index is 14.0. The number of carboxylic acids is 2. The van der Waals surface area contributed by atoms with Crippen molar-refractivity contribution >= 4 is 71.9 Å². The molecule has 7 atom stereocenters. The second kappa shape index (κ2) is 27.6. The fourth-order valence-electron chi connectivity index (χ4n) is 5.30. The van der Waals surface area contributed by atoms with Crippen molar-refractivity contribution < 1.29 is 58.5 Å². The number of carbonyl (C=O) groups excluding carboxylic acids is 7. The number of aliphatic carboxylic acids is 2. The van der Waals surface area contributed by atoms with Crippen LogP contribution in [0.2, 0.25) is 0 Å². The van der Waals surface area contributed by atoms with Crippen LogP contribution < -0.4 is 54.4 Å². The van der Waals surface area contributed by atoms with E-state index in [1.54, 1.807) is 44.2 Å². The van der Waals surface area contributed by atoms with Crippen molar-refractivity contribution in [3.63, 3.8) is 0 Å². The molecule has 1 aromatic carbocycles. The molecule has 0 aliphatic heterocycles. The minimum atomic E-state index is -1.58. The minimum Gasteiger partial charge on any atom is -0.481 e. The van der Waals surface area contributed by atoms with Gasteiger partial charge < -0.3 is 69.7 Å². The maximum absolute atomic E-state index is 14.0. The van der Waals surface area contributed by atoms with Gasteiger partial charge in [-0.1, -0.05) is 50.6 Å². The predicted octanol–water partition coefficient (Wildman–Crippen LogP) is -4.82. The number of carbonyl (C=O) groups is 9. The standard InChI is InChI=1S/C36H57N11O12S/c1-3-19(2)29(47-32(55)22(11-12-28(51)52)42-26(49)15-37)34(57)44-21(10-7-13-40-36(38)39)31(54)45-23(14-20-8-5-4-6-9-20)30(53)41-16-27(50)43-24(17-48)33(56)46-25(18-60)35(58)59/h4-6,8-9,19,21-25,29,48,60H,3,7,10-18,37H2,1-2H3,(H,41,53)(H,42,49)(H,43,50)(H,44,57)(H,45,54)(H,46,56)(H,47,55)(H,51,52)(H,58,59)(H4,38,39,40)/t19-,21-,22-,23-,24-,25-,29-/m0/s1. The van der Waals surface area contributed by atoms with Gasteiger partial charge in [-0.25, -0.2) is 4.79 Å². The Balaban J connectivity index is 3.35. The normalized spacial score (nSPS) is 14.2. The van der Waals surface area contributed by atoms with Gasteiger partial charge in [-0.3, -0.25) is 43.3 Å². The van der Waals surface area contributed by atoms with Crippen molar-refractivity contribution in [2.24, 2.45) is 28.1 Å². The summed E-state index contributed by atoms with van der Waals surface area (Å²) in [6, 6.07) is 0.0760. The van der Waals surface area contributed by atoms with Crippen LogP contribution in [0.15, 0.2) is 35.3 Å². The Bertz CT molecular complexity index is 1670. The first kappa shape index (κ1) is 52.0. The highest BCUT2D eigenvalue weighted by Gasteiger charge is 2.34. The number of nitrogens with one attached hydrogen (secondary N) is 7. The predicted molar refractivity (Wildman–Crippen MR) is 219 cm³/mol. The van der Waals surface area contributed by atoms with E-state index >= 15 is 0 Å². The van der Waals surface area contributed by atoms with Crippen LogP contribution in [0.5, 0.6) is 0 Å². The molecule has 0 saturated heterocycles. The minimum absolute atomic E-state index is 0.0428. The number of rotatable bonds is 28. The molecule has 0 saturated carbocycles. The maximum Gasteiger partial charge on any atom is 0.327 e. The van der Waals surface area contributed by atoms with E-state index in [9.17, 15) is 53.4 Å². The molecule has 60 heavy (non-hydrogen) atoms. The Labute approximate surface area is 351 Å². The van der Waals surface area contributed by atoms with E-state index in [1.165, 1.54) is 0 Å². The molecule has 0 aliphatic rings. The Morgan fingerprint density at radius 2 is 1.30 bits per heavy atom. The first-order valence-corrected chi connectivity index (χ1v) is 19.5. The van der Waals surface area contributed by atoms with Crippen molar-refractivity contribution in [3.8, 4) is 0 Å². The van der Waals surface area contributed by atoms with Crippen LogP contribution >= 0.6 is 12.6 Å². The highest BCUT2D eigenvalue weighted by molar-refractivity contribution is 7.80. The quantitative estimate of drug-likeness (QED) is 0.0163. The number of thiol groups is 1. The summed E-state index contributed by atoms with van der Waals surface area (Å²) in [6.07, 6.45) is -0.486. The van der Waals surface area contributed by atoms with Crippen molar-refractivity contribution in [2.45, 2.75) is 88.6 Å². The van der Waals surface area contributed by atoms with Crippen LogP contribution in [0.1, 0.15) is 51.5 Å². The molecular weight excluding hydrogens is 811 g/mol. The molecule has 0 fully saturated rings. The van der Waals surface area contributed by atoms with Crippen LogP contribution in [0, 0.1) is 5.92 Å². The van der Waals surface area contributed by atoms with Gasteiger partial charge in [-0.15, -0.1) is 0 Å². The van der Waals surface area contributed by atoms with Gasteiger partial charge in [0.1, 0.15) is 36.3 Å². The van der Waals surface area contributed by atoms with Gasteiger partial charge in [0.25, 0.3) is 0 Å². The van der Waals surface area contributed by atoms with E-state index in [1.807, 2.05) is 0 Å². The number of guanidine groups is 1. The first-order chi connectivity index (χ1) is 28.4. The molecule has 0 bridgehead atoms. The summed E-state index contributed by atoms with van der Waals surface area (Å²) in [6.45, 7) is 1.27. The number of aliphatic hydroxyl groups excluding tert-OH is 1. The topological polar surface area (TPSA) is 389 Å². The van der Waals surface area contributed by atoms with E-state index in [0.717, 1.165) is 0 Å². The summed E-state index contributed by atoms with van der Waals surface area (Å²) in [5.74, 6) is -9.81. The van der Waals surface area contributed by atoms with Crippen LogP contribution in [0.3, 0.4) is 0 Å². The number of amides is 7. The number of hydrogen-bond donors (Lipinski definition) is 14. The van der Waals surface area contributed by atoms with Gasteiger partial charge >= 0.3 is 11.9 Å². The van der Waals surface area contributed by atoms with Crippen LogP contribution in [0.25, 0.3) is 0 Å². The molecule has 0 heterocycles. The lowest BCUT2D eigenvalue weighted by atomic mass is 9.96. The van der Waals surface area contributed by atoms with E-state index in [2.05, 4.69) is 54.8 Å². The smallest absolute Gasteiger partial charge is 0.327 e. The molecule has 1 rings (SSSR count). The van der Waals surface area contributed by atoms with Crippen molar-refractivity contribution in [3.05, 3.63) is 35.9 Å². The molecule has 0 spiro atoms. The number of aliphatic hydroxyl groups is 1. The monoisotopic (exact) mass is 867 g/mol.